The number of rotatable bonds is 3. The molecule has 1 fully saturated rings. The molecule has 94 valence electrons. The molecular weight excluding hydrogens is 212 g/mol. The van der Waals surface area contributed by atoms with Gasteiger partial charge in [-0.25, -0.2) is 0 Å². The molecular formula is C14H22N2O. The van der Waals surface area contributed by atoms with E-state index in [2.05, 4.69) is 24.0 Å². The predicted octanol–water partition coefficient (Wildman–Crippen LogP) is 3.05. The molecule has 0 amide bonds. The van der Waals surface area contributed by atoms with E-state index in [1.54, 1.807) is 0 Å². The summed E-state index contributed by atoms with van der Waals surface area (Å²) in [4.78, 5) is 2.45. The monoisotopic (exact) mass is 234 g/mol. The van der Waals surface area contributed by atoms with Crippen LogP contribution in [0.15, 0.2) is 18.2 Å². The molecule has 1 aromatic rings. The van der Waals surface area contributed by atoms with Gasteiger partial charge in [0, 0.05) is 24.3 Å². The molecule has 1 heterocycles. The standard InChI is InChI=1S/C14H22N2O/c1-3-17-14-10-12(7-8-13(14)15)16-9-5-4-6-11(16)2/h7-8,10-11H,3-6,9,15H2,1-2H3. The van der Waals surface area contributed by atoms with Gasteiger partial charge < -0.3 is 15.4 Å². The molecule has 0 spiro atoms. The molecule has 0 bridgehead atoms. The fourth-order valence-corrected chi connectivity index (χ4v) is 2.46. The minimum absolute atomic E-state index is 0.613. The van der Waals surface area contributed by atoms with Gasteiger partial charge in [-0.05, 0) is 45.2 Å². The van der Waals surface area contributed by atoms with Crippen molar-refractivity contribution in [3.8, 4) is 5.75 Å². The molecule has 1 aliphatic rings. The van der Waals surface area contributed by atoms with Crippen LogP contribution in [-0.4, -0.2) is 19.2 Å². The van der Waals surface area contributed by atoms with Crippen molar-refractivity contribution in [1.29, 1.82) is 0 Å². The van der Waals surface area contributed by atoms with E-state index in [0.717, 1.165) is 18.0 Å². The summed E-state index contributed by atoms with van der Waals surface area (Å²) in [6.45, 7) is 6.06. The molecule has 1 atom stereocenters. The van der Waals surface area contributed by atoms with Crippen molar-refractivity contribution < 1.29 is 4.74 Å². The van der Waals surface area contributed by atoms with Gasteiger partial charge in [0.15, 0.2) is 0 Å². The maximum absolute atomic E-state index is 5.90. The lowest BCUT2D eigenvalue weighted by Crippen LogP contribution is -2.37. The van der Waals surface area contributed by atoms with Gasteiger partial charge >= 0.3 is 0 Å². The zero-order valence-corrected chi connectivity index (χ0v) is 10.8. The van der Waals surface area contributed by atoms with Crippen LogP contribution in [-0.2, 0) is 0 Å². The second-order valence-corrected chi connectivity index (χ2v) is 4.69. The molecule has 3 nitrogen and oxygen atoms in total. The number of benzene rings is 1. The van der Waals surface area contributed by atoms with E-state index in [1.165, 1.54) is 24.9 Å². The Kier molecular flexibility index (Phi) is 3.77. The quantitative estimate of drug-likeness (QED) is 0.817. The number of piperidine rings is 1. The average Bonchev–Trinajstić information content (AvgIpc) is 2.33. The summed E-state index contributed by atoms with van der Waals surface area (Å²) in [6.07, 6.45) is 3.89. The largest absolute Gasteiger partial charge is 0.492 e. The smallest absolute Gasteiger partial charge is 0.144 e. The van der Waals surface area contributed by atoms with Crippen molar-refractivity contribution >= 4 is 11.4 Å². The van der Waals surface area contributed by atoms with Crippen LogP contribution in [0.4, 0.5) is 11.4 Å². The Labute approximate surface area is 104 Å². The summed E-state index contributed by atoms with van der Waals surface area (Å²) in [5.41, 5.74) is 7.85. The van der Waals surface area contributed by atoms with Gasteiger partial charge in [-0.1, -0.05) is 0 Å². The van der Waals surface area contributed by atoms with Gasteiger partial charge in [-0.15, -0.1) is 0 Å². The Hall–Kier alpha value is -1.38. The zero-order valence-electron chi connectivity index (χ0n) is 10.8. The molecule has 1 saturated heterocycles. The molecule has 0 radical (unpaired) electrons. The van der Waals surface area contributed by atoms with Gasteiger partial charge in [0.05, 0.1) is 12.3 Å². The van der Waals surface area contributed by atoms with Crippen molar-refractivity contribution in [3.63, 3.8) is 0 Å². The first-order valence-corrected chi connectivity index (χ1v) is 6.51. The lowest BCUT2D eigenvalue weighted by molar-refractivity contribution is 0.342. The second kappa shape index (κ2) is 5.30. The molecule has 17 heavy (non-hydrogen) atoms. The molecule has 2 rings (SSSR count). The van der Waals surface area contributed by atoms with Crippen LogP contribution >= 0.6 is 0 Å². The van der Waals surface area contributed by atoms with E-state index in [0.29, 0.717) is 12.6 Å². The topological polar surface area (TPSA) is 38.5 Å². The molecule has 1 aromatic carbocycles. The Morgan fingerprint density at radius 3 is 2.94 bits per heavy atom. The van der Waals surface area contributed by atoms with Gasteiger partial charge in [0.2, 0.25) is 0 Å². The van der Waals surface area contributed by atoms with Crippen LogP contribution in [0, 0.1) is 0 Å². The summed E-state index contributed by atoms with van der Waals surface area (Å²) in [5.74, 6) is 0.808. The molecule has 3 heteroatoms. The minimum Gasteiger partial charge on any atom is -0.492 e. The molecule has 0 saturated carbocycles. The van der Waals surface area contributed by atoms with Crippen molar-refractivity contribution in [3.05, 3.63) is 18.2 Å². The summed E-state index contributed by atoms with van der Waals surface area (Å²) in [7, 11) is 0. The van der Waals surface area contributed by atoms with Crippen molar-refractivity contribution in [2.45, 2.75) is 39.2 Å². The number of hydrogen-bond donors (Lipinski definition) is 1. The van der Waals surface area contributed by atoms with E-state index >= 15 is 0 Å². The van der Waals surface area contributed by atoms with E-state index in [9.17, 15) is 0 Å². The Morgan fingerprint density at radius 2 is 2.24 bits per heavy atom. The zero-order chi connectivity index (χ0) is 12.3. The summed E-state index contributed by atoms with van der Waals surface area (Å²) in [6, 6.07) is 6.73. The first-order chi connectivity index (χ1) is 8.22. The molecule has 2 N–H and O–H groups in total. The normalized spacial score (nSPS) is 20.4. The first kappa shape index (κ1) is 12.1. The second-order valence-electron chi connectivity index (χ2n) is 4.69. The van der Waals surface area contributed by atoms with Crippen LogP contribution in [0.1, 0.15) is 33.1 Å². The first-order valence-electron chi connectivity index (χ1n) is 6.51. The minimum atomic E-state index is 0.613. The Balaban J connectivity index is 2.22. The molecule has 0 aliphatic carbocycles. The maximum atomic E-state index is 5.90. The Bertz CT molecular complexity index is 378. The van der Waals surface area contributed by atoms with Crippen LogP contribution in [0.3, 0.4) is 0 Å². The van der Waals surface area contributed by atoms with E-state index in [1.807, 2.05) is 13.0 Å². The van der Waals surface area contributed by atoms with Crippen molar-refractivity contribution in [1.82, 2.24) is 0 Å². The van der Waals surface area contributed by atoms with Gasteiger partial charge in [0.25, 0.3) is 0 Å². The average molecular weight is 234 g/mol. The van der Waals surface area contributed by atoms with Gasteiger partial charge in [0.1, 0.15) is 5.75 Å². The Morgan fingerprint density at radius 1 is 1.41 bits per heavy atom. The third kappa shape index (κ3) is 2.65. The highest BCUT2D eigenvalue weighted by atomic mass is 16.5. The van der Waals surface area contributed by atoms with Crippen LogP contribution in [0.5, 0.6) is 5.75 Å². The van der Waals surface area contributed by atoms with Gasteiger partial charge in [-0.3, -0.25) is 0 Å². The van der Waals surface area contributed by atoms with Crippen LogP contribution in [0.2, 0.25) is 0 Å². The van der Waals surface area contributed by atoms with Crippen LogP contribution < -0.4 is 15.4 Å². The summed E-state index contributed by atoms with van der Waals surface area (Å²) in [5, 5.41) is 0. The number of nitrogens with two attached hydrogens (primary N) is 1. The molecule has 1 unspecified atom stereocenters. The SMILES string of the molecule is CCOc1cc(N2CCCCC2C)ccc1N. The number of anilines is 2. The fraction of sp³-hybridized carbons (Fsp3) is 0.571. The fourth-order valence-electron chi connectivity index (χ4n) is 2.46. The third-order valence-electron chi connectivity index (χ3n) is 3.43. The number of nitrogens with zero attached hydrogens (tertiary/aromatic N) is 1. The highest BCUT2D eigenvalue weighted by molar-refractivity contribution is 5.62. The van der Waals surface area contributed by atoms with E-state index < -0.39 is 0 Å². The molecule has 1 aliphatic heterocycles. The highest BCUT2D eigenvalue weighted by Crippen LogP contribution is 2.31. The number of hydrogen-bond acceptors (Lipinski definition) is 3. The lowest BCUT2D eigenvalue weighted by Gasteiger charge is -2.35. The van der Waals surface area contributed by atoms with Crippen LogP contribution in [0.25, 0.3) is 0 Å². The molecule has 0 aromatic heterocycles. The number of ether oxygens (including phenoxy) is 1. The predicted molar refractivity (Wildman–Crippen MR) is 72.7 cm³/mol. The van der Waals surface area contributed by atoms with E-state index in [-0.39, 0.29) is 0 Å². The summed E-state index contributed by atoms with van der Waals surface area (Å²) < 4.78 is 5.55. The highest BCUT2D eigenvalue weighted by Gasteiger charge is 2.19. The van der Waals surface area contributed by atoms with Crippen molar-refractivity contribution in [2.24, 2.45) is 0 Å². The lowest BCUT2D eigenvalue weighted by atomic mass is 10.0. The third-order valence-corrected chi connectivity index (χ3v) is 3.43. The summed E-state index contributed by atoms with van der Waals surface area (Å²) >= 11 is 0. The van der Waals surface area contributed by atoms with Crippen molar-refractivity contribution in [2.75, 3.05) is 23.8 Å². The van der Waals surface area contributed by atoms with E-state index in [4.69, 9.17) is 10.5 Å². The number of nitrogen functional groups attached to an aromatic ring is 1. The maximum Gasteiger partial charge on any atom is 0.144 e. The van der Waals surface area contributed by atoms with Gasteiger partial charge in [-0.2, -0.15) is 0 Å².